The van der Waals surface area contributed by atoms with Gasteiger partial charge in [-0.2, -0.15) is 0 Å². The Bertz CT molecular complexity index is 1410. The van der Waals surface area contributed by atoms with Crippen LogP contribution in [-0.4, -0.2) is 50.9 Å². The zero-order valence-corrected chi connectivity index (χ0v) is 24.9. The molecule has 0 aliphatic heterocycles. The number of methoxy groups -OCH3 is 1. The molecule has 0 aliphatic rings. The number of carbonyl (C=O) groups is 2. The molecule has 9 heteroatoms. The van der Waals surface area contributed by atoms with Gasteiger partial charge < -0.3 is 15.0 Å². The van der Waals surface area contributed by atoms with Gasteiger partial charge in [0.15, 0.2) is 0 Å². The summed E-state index contributed by atoms with van der Waals surface area (Å²) >= 11 is 0. The number of anilines is 1. The number of nitrogens with one attached hydrogen (secondary N) is 1. The zero-order chi connectivity index (χ0) is 29.4. The first-order valence-corrected chi connectivity index (χ1v) is 14.8. The first-order chi connectivity index (χ1) is 19.0. The third kappa shape index (κ3) is 7.41. The number of amides is 2. The third-order valence-electron chi connectivity index (χ3n) is 6.85. The number of aryl methyl sites for hydroxylation is 2. The maximum Gasteiger partial charge on any atom is 0.264 e. The van der Waals surface area contributed by atoms with Gasteiger partial charge in [-0.25, -0.2) is 8.42 Å². The molecule has 3 aromatic rings. The molecule has 0 aromatic heterocycles. The maximum atomic E-state index is 14.1. The van der Waals surface area contributed by atoms with Gasteiger partial charge in [-0.3, -0.25) is 13.9 Å². The van der Waals surface area contributed by atoms with Crippen molar-refractivity contribution in [2.45, 2.75) is 64.6 Å². The second-order valence-corrected chi connectivity index (χ2v) is 11.9. The minimum atomic E-state index is -4.17. The zero-order valence-electron chi connectivity index (χ0n) is 24.0. The number of ether oxygens (including phenoxy) is 1. The Morgan fingerprint density at radius 2 is 1.55 bits per heavy atom. The van der Waals surface area contributed by atoms with Gasteiger partial charge in [0, 0.05) is 12.6 Å². The fourth-order valence-electron chi connectivity index (χ4n) is 4.17. The summed E-state index contributed by atoms with van der Waals surface area (Å²) in [5, 5.41) is 2.94. The van der Waals surface area contributed by atoms with E-state index in [1.807, 2.05) is 58.0 Å². The Labute approximate surface area is 238 Å². The molecule has 40 heavy (non-hydrogen) atoms. The summed E-state index contributed by atoms with van der Waals surface area (Å²) in [6, 6.07) is 19.9. The minimum absolute atomic E-state index is 0.0407. The van der Waals surface area contributed by atoms with Crippen LogP contribution in [-0.2, 0) is 26.2 Å². The molecule has 0 saturated carbocycles. The molecule has 0 spiro atoms. The van der Waals surface area contributed by atoms with Gasteiger partial charge in [0.25, 0.3) is 10.0 Å². The molecule has 0 unspecified atom stereocenters. The Balaban J connectivity index is 2.08. The van der Waals surface area contributed by atoms with Crippen LogP contribution >= 0.6 is 0 Å². The molecule has 1 N–H and O–H groups in total. The average Bonchev–Trinajstić information content (AvgIpc) is 2.95. The highest BCUT2D eigenvalue weighted by Gasteiger charge is 2.34. The van der Waals surface area contributed by atoms with E-state index in [-0.39, 0.29) is 29.1 Å². The maximum absolute atomic E-state index is 14.1. The van der Waals surface area contributed by atoms with Crippen LogP contribution < -0.4 is 14.4 Å². The fourth-order valence-corrected chi connectivity index (χ4v) is 5.60. The smallest absolute Gasteiger partial charge is 0.264 e. The Morgan fingerprint density at radius 3 is 2.15 bits per heavy atom. The standard InChI is InChI=1S/C31H39N3O5S/c1-7-24(4)32-31(36)25(5)33(20-26-16-13-22(2)14-17-26)30(35)21-34(28-19-23(3)15-18-29(28)39-6)40(37,38)27-11-9-8-10-12-27/h8-19,24-25H,7,20-21H2,1-6H3,(H,32,36)/t24-,25-/m1/s1. The van der Waals surface area contributed by atoms with Crippen LogP contribution in [0.2, 0.25) is 0 Å². The van der Waals surface area contributed by atoms with Gasteiger partial charge in [0.05, 0.1) is 17.7 Å². The second-order valence-electron chi connectivity index (χ2n) is 10.0. The van der Waals surface area contributed by atoms with Crippen molar-refractivity contribution in [1.29, 1.82) is 0 Å². The van der Waals surface area contributed by atoms with E-state index in [0.717, 1.165) is 27.4 Å². The lowest BCUT2D eigenvalue weighted by Gasteiger charge is -2.33. The van der Waals surface area contributed by atoms with E-state index in [4.69, 9.17) is 4.74 Å². The van der Waals surface area contributed by atoms with Crippen LogP contribution in [0, 0.1) is 13.8 Å². The third-order valence-corrected chi connectivity index (χ3v) is 8.63. The summed E-state index contributed by atoms with van der Waals surface area (Å²) in [4.78, 5) is 28.7. The quantitative estimate of drug-likeness (QED) is 0.339. The minimum Gasteiger partial charge on any atom is -0.495 e. The number of carbonyl (C=O) groups excluding carboxylic acids is 2. The Morgan fingerprint density at radius 1 is 0.925 bits per heavy atom. The van der Waals surface area contributed by atoms with Gasteiger partial charge in [-0.1, -0.05) is 61.0 Å². The van der Waals surface area contributed by atoms with E-state index in [9.17, 15) is 18.0 Å². The number of benzene rings is 3. The van der Waals surface area contributed by atoms with Crippen LogP contribution in [0.3, 0.4) is 0 Å². The summed E-state index contributed by atoms with van der Waals surface area (Å²) in [5.74, 6) is -0.513. The highest BCUT2D eigenvalue weighted by atomic mass is 32.2. The topological polar surface area (TPSA) is 96.0 Å². The summed E-state index contributed by atoms with van der Waals surface area (Å²) in [7, 11) is -2.72. The van der Waals surface area contributed by atoms with Crippen LogP contribution in [0.4, 0.5) is 5.69 Å². The molecule has 214 valence electrons. The van der Waals surface area contributed by atoms with E-state index < -0.39 is 28.5 Å². The molecule has 3 aromatic carbocycles. The average molecular weight is 566 g/mol. The lowest BCUT2D eigenvalue weighted by Crippen LogP contribution is -2.52. The molecule has 0 fully saturated rings. The first kappa shape index (κ1) is 30.7. The predicted molar refractivity (Wildman–Crippen MR) is 158 cm³/mol. The van der Waals surface area contributed by atoms with Crippen molar-refractivity contribution in [3.8, 4) is 5.75 Å². The number of sulfonamides is 1. The lowest BCUT2D eigenvalue weighted by molar-refractivity contribution is -0.139. The highest BCUT2D eigenvalue weighted by molar-refractivity contribution is 7.92. The number of hydrogen-bond donors (Lipinski definition) is 1. The van der Waals surface area contributed by atoms with Crippen molar-refractivity contribution >= 4 is 27.5 Å². The highest BCUT2D eigenvalue weighted by Crippen LogP contribution is 2.33. The Hall–Kier alpha value is -3.85. The number of nitrogens with zero attached hydrogens (tertiary/aromatic N) is 2. The molecule has 8 nitrogen and oxygen atoms in total. The lowest BCUT2D eigenvalue weighted by atomic mass is 10.1. The van der Waals surface area contributed by atoms with E-state index in [2.05, 4.69) is 5.32 Å². The monoisotopic (exact) mass is 565 g/mol. The largest absolute Gasteiger partial charge is 0.495 e. The van der Waals surface area contributed by atoms with Gasteiger partial charge >= 0.3 is 0 Å². The van der Waals surface area contributed by atoms with Crippen LogP contribution in [0.25, 0.3) is 0 Å². The van der Waals surface area contributed by atoms with E-state index in [1.54, 1.807) is 37.3 Å². The Kier molecular flexibility index (Phi) is 10.3. The van der Waals surface area contributed by atoms with Crippen LogP contribution in [0.5, 0.6) is 5.75 Å². The molecular weight excluding hydrogens is 526 g/mol. The van der Waals surface area contributed by atoms with Crippen LogP contribution in [0.1, 0.15) is 43.9 Å². The van der Waals surface area contributed by atoms with Crippen molar-refractivity contribution in [3.05, 3.63) is 89.5 Å². The first-order valence-electron chi connectivity index (χ1n) is 13.4. The van der Waals surface area contributed by atoms with E-state index >= 15 is 0 Å². The molecule has 2 atom stereocenters. The SMILES string of the molecule is CC[C@@H](C)NC(=O)[C@@H](C)N(Cc1ccc(C)cc1)C(=O)CN(c1cc(C)ccc1OC)S(=O)(=O)c1ccccc1. The van der Waals surface area contributed by atoms with Crippen molar-refractivity contribution < 1.29 is 22.7 Å². The predicted octanol–water partition coefficient (Wildman–Crippen LogP) is 4.84. The normalized spacial score (nSPS) is 12.8. The summed E-state index contributed by atoms with van der Waals surface area (Å²) in [5.41, 5.74) is 2.93. The van der Waals surface area contributed by atoms with Gasteiger partial charge in [-0.05, 0) is 69.5 Å². The molecule has 0 aliphatic carbocycles. The number of hydrogen-bond acceptors (Lipinski definition) is 5. The van der Waals surface area contributed by atoms with Crippen LogP contribution in [0.15, 0.2) is 77.7 Å². The van der Waals surface area contributed by atoms with Gasteiger partial charge in [-0.15, -0.1) is 0 Å². The second kappa shape index (κ2) is 13.5. The molecule has 0 saturated heterocycles. The van der Waals surface area contributed by atoms with Gasteiger partial charge in [0.1, 0.15) is 18.3 Å². The van der Waals surface area contributed by atoms with Crippen molar-refractivity contribution in [3.63, 3.8) is 0 Å². The summed E-state index contributed by atoms with van der Waals surface area (Å²) in [6.07, 6.45) is 0.737. The summed E-state index contributed by atoms with van der Waals surface area (Å²) in [6.45, 7) is 8.94. The van der Waals surface area contributed by atoms with E-state index in [0.29, 0.717) is 5.75 Å². The summed E-state index contributed by atoms with van der Waals surface area (Å²) < 4.78 is 34.5. The van der Waals surface area contributed by atoms with Crippen molar-refractivity contribution in [1.82, 2.24) is 10.2 Å². The van der Waals surface area contributed by atoms with Crippen molar-refractivity contribution in [2.24, 2.45) is 0 Å². The van der Waals surface area contributed by atoms with Gasteiger partial charge in [0.2, 0.25) is 11.8 Å². The molecule has 0 bridgehead atoms. The molecule has 0 radical (unpaired) electrons. The van der Waals surface area contributed by atoms with E-state index in [1.165, 1.54) is 24.1 Å². The number of rotatable bonds is 12. The molecule has 0 heterocycles. The fraction of sp³-hybridized carbons (Fsp3) is 0.355. The molecule has 2 amide bonds. The molecule has 3 rings (SSSR count). The van der Waals surface area contributed by atoms with Crippen molar-refractivity contribution in [2.75, 3.05) is 18.0 Å². The molecular formula is C31H39N3O5S.